The van der Waals surface area contributed by atoms with Crippen LogP contribution in [-0.4, -0.2) is 41.1 Å². The summed E-state index contributed by atoms with van der Waals surface area (Å²) in [5, 5.41) is 6.62. The molecule has 6 nitrogen and oxygen atoms in total. The molecule has 6 heteroatoms. The summed E-state index contributed by atoms with van der Waals surface area (Å²) in [5.41, 5.74) is 4.02. The topological polar surface area (TPSA) is 66.0 Å². The van der Waals surface area contributed by atoms with Crippen LogP contribution in [0.2, 0.25) is 0 Å². The van der Waals surface area contributed by atoms with Crippen molar-refractivity contribution in [2.45, 2.75) is 6.92 Å². The van der Waals surface area contributed by atoms with Crippen LogP contribution in [0.4, 0.5) is 17.5 Å². The lowest BCUT2D eigenvalue weighted by Gasteiger charge is -2.28. The average molecular weight is 346 g/mol. The van der Waals surface area contributed by atoms with E-state index in [9.17, 15) is 0 Å². The standard InChI is InChI=1S/C20H22N6/c1-15-3-2-4-17(13-15)24-20-22-8-7-18(25-20)16-5-6-19(23-14-16)26-11-9-21-10-12-26/h2-8,13-14,21H,9-12H2,1H3,(H,22,24,25). The van der Waals surface area contributed by atoms with Crippen molar-refractivity contribution < 1.29 is 0 Å². The van der Waals surface area contributed by atoms with E-state index in [2.05, 4.69) is 61.7 Å². The molecule has 0 bridgehead atoms. The molecule has 3 heterocycles. The van der Waals surface area contributed by atoms with Gasteiger partial charge in [0.25, 0.3) is 0 Å². The Hall–Kier alpha value is -2.99. The molecule has 0 radical (unpaired) electrons. The van der Waals surface area contributed by atoms with E-state index in [4.69, 9.17) is 0 Å². The maximum Gasteiger partial charge on any atom is 0.227 e. The summed E-state index contributed by atoms with van der Waals surface area (Å²) in [4.78, 5) is 15.9. The molecule has 1 fully saturated rings. The van der Waals surface area contributed by atoms with Gasteiger partial charge in [0.15, 0.2) is 0 Å². The molecule has 0 atom stereocenters. The SMILES string of the molecule is Cc1cccc(Nc2nccc(-c3ccc(N4CCNCC4)nc3)n2)c1. The lowest BCUT2D eigenvalue weighted by Crippen LogP contribution is -2.43. The molecule has 0 amide bonds. The van der Waals surface area contributed by atoms with E-state index in [-0.39, 0.29) is 0 Å². The van der Waals surface area contributed by atoms with E-state index in [0.29, 0.717) is 5.95 Å². The number of anilines is 3. The van der Waals surface area contributed by atoms with Crippen LogP contribution in [0, 0.1) is 6.92 Å². The van der Waals surface area contributed by atoms with Gasteiger partial charge in [-0.05, 0) is 42.8 Å². The Labute approximate surface area is 153 Å². The van der Waals surface area contributed by atoms with Gasteiger partial charge in [0, 0.05) is 49.8 Å². The monoisotopic (exact) mass is 346 g/mol. The highest BCUT2D eigenvalue weighted by atomic mass is 15.2. The van der Waals surface area contributed by atoms with Crippen molar-refractivity contribution in [2.24, 2.45) is 0 Å². The number of hydrogen-bond acceptors (Lipinski definition) is 6. The third-order valence-corrected chi connectivity index (χ3v) is 4.41. The molecule has 26 heavy (non-hydrogen) atoms. The zero-order valence-electron chi connectivity index (χ0n) is 14.8. The van der Waals surface area contributed by atoms with E-state index in [1.54, 1.807) is 6.20 Å². The summed E-state index contributed by atoms with van der Waals surface area (Å²) < 4.78 is 0. The van der Waals surface area contributed by atoms with Crippen LogP contribution in [0.5, 0.6) is 0 Å². The molecule has 132 valence electrons. The molecule has 3 aromatic rings. The van der Waals surface area contributed by atoms with Crippen molar-refractivity contribution >= 4 is 17.5 Å². The van der Waals surface area contributed by atoms with Crippen molar-refractivity contribution in [1.29, 1.82) is 0 Å². The van der Waals surface area contributed by atoms with Crippen molar-refractivity contribution in [3.05, 3.63) is 60.4 Å². The van der Waals surface area contributed by atoms with Gasteiger partial charge in [0.2, 0.25) is 5.95 Å². The summed E-state index contributed by atoms with van der Waals surface area (Å²) in [5.74, 6) is 1.60. The Morgan fingerprint density at radius 3 is 2.69 bits per heavy atom. The second kappa shape index (κ2) is 7.49. The van der Waals surface area contributed by atoms with E-state index in [1.807, 2.05) is 24.4 Å². The van der Waals surface area contributed by atoms with E-state index < -0.39 is 0 Å². The van der Waals surface area contributed by atoms with Gasteiger partial charge in [0.1, 0.15) is 5.82 Å². The minimum atomic E-state index is 0.583. The average Bonchev–Trinajstić information content (AvgIpc) is 2.69. The first-order valence-corrected chi connectivity index (χ1v) is 8.87. The zero-order chi connectivity index (χ0) is 17.8. The first-order chi connectivity index (χ1) is 12.8. The van der Waals surface area contributed by atoms with E-state index in [0.717, 1.165) is 48.9 Å². The first-order valence-electron chi connectivity index (χ1n) is 8.87. The number of rotatable bonds is 4. The zero-order valence-corrected chi connectivity index (χ0v) is 14.8. The van der Waals surface area contributed by atoms with Crippen molar-refractivity contribution in [3.8, 4) is 11.3 Å². The Kier molecular flexibility index (Phi) is 4.75. The smallest absolute Gasteiger partial charge is 0.227 e. The third-order valence-electron chi connectivity index (χ3n) is 4.41. The normalized spacial score (nSPS) is 14.3. The molecule has 1 saturated heterocycles. The summed E-state index contributed by atoms with van der Waals surface area (Å²) >= 11 is 0. The van der Waals surface area contributed by atoms with Crippen LogP contribution in [0.25, 0.3) is 11.3 Å². The number of aryl methyl sites for hydroxylation is 1. The molecule has 4 rings (SSSR count). The molecule has 1 aliphatic heterocycles. The second-order valence-electron chi connectivity index (χ2n) is 6.40. The summed E-state index contributed by atoms with van der Waals surface area (Å²) in [6, 6.07) is 14.2. The van der Waals surface area contributed by atoms with Gasteiger partial charge >= 0.3 is 0 Å². The van der Waals surface area contributed by atoms with Gasteiger partial charge in [-0.3, -0.25) is 0 Å². The van der Waals surface area contributed by atoms with Gasteiger partial charge in [-0.2, -0.15) is 0 Å². The molecule has 0 aliphatic carbocycles. The van der Waals surface area contributed by atoms with E-state index >= 15 is 0 Å². The number of hydrogen-bond donors (Lipinski definition) is 2. The van der Waals surface area contributed by atoms with Crippen LogP contribution in [-0.2, 0) is 0 Å². The highest BCUT2D eigenvalue weighted by Gasteiger charge is 2.12. The predicted octanol–water partition coefficient (Wildman–Crippen LogP) is 3.00. The molecule has 0 spiro atoms. The molecule has 0 unspecified atom stereocenters. The minimum Gasteiger partial charge on any atom is -0.354 e. The van der Waals surface area contributed by atoms with Gasteiger partial charge in [-0.1, -0.05) is 12.1 Å². The maximum atomic E-state index is 4.62. The molecular weight excluding hydrogens is 324 g/mol. The molecular formula is C20H22N6. The fraction of sp³-hybridized carbons (Fsp3) is 0.250. The Bertz CT molecular complexity index is 871. The number of aromatic nitrogens is 3. The van der Waals surface area contributed by atoms with Gasteiger partial charge in [-0.15, -0.1) is 0 Å². The Balaban J connectivity index is 1.52. The number of pyridine rings is 1. The second-order valence-corrected chi connectivity index (χ2v) is 6.40. The van der Waals surface area contributed by atoms with Crippen LogP contribution < -0.4 is 15.5 Å². The number of piperazine rings is 1. The summed E-state index contributed by atoms with van der Waals surface area (Å²) in [6.07, 6.45) is 3.65. The number of benzene rings is 1. The largest absolute Gasteiger partial charge is 0.354 e. The lowest BCUT2D eigenvalue weighted by atomic mass is 10.2. The van der Waals surface area contributed by atoms with Crippen LogP contribution >= 0.6 is 0 Å². The lowest BCUT2D eigenvalue weighted by molar-refractivity contribution is 0.585. The van der Waals surface area contributed by atoms with E-state index in [1.165, 1.54) is 5.56 Å². The van der Waals surface area contributed by atoms with Crippen LogP contribution in [0.15, 0.2) is 54.9 Å². The Morgan fingerprint density at radius 2 is 1.92 bits per heavy atom. The number of nitrogens with one attached hydrogen (secondary N) is 2. The maximum absolute atomic E-state index is 4.62. The predicted molar refractivity (Wildman–Crippen MR) is 105 cm³/mol. The van der Waals surface area contributed by atoms with Crippen molar-refractivity contribution in [3.63, 3.8) is 0 Å². The van der Waals surface area contributed by atoms with Crippen molar-refractivity contribution in [2.75, 3.05) is 36.4 Å². The van der Waals surface area contributed by atoms with Crippen molar-refractivity contribution in [1.82, 2.24) is 20.3 Å². The number of nitrogens with zero attached hydrogens (tertiary/aromatic N) is 4. The first kappa shape index (κ1) is 16.5. The molecule has 2 N–H and O–H groups in total. The Morgan fingerprint density at radius 1 is 1.04 bits per heavy atom. The highest BCUT2D eigenvalue weighted by molar-refractivity contribution is 5.62. The quantitative estimate of drug-likeness (QED) is 0.757. The molecule has 1 aromatic carbocycles. The minimum absolute atomic E-state index is 0.583. The fourth-order valence-corrected chi connectivity index (χ4v) is 3.05. The molecule has 2 aromatic heterocycles. The molecule has 0 saturated carbocycles. The van der Waals surface area contributed by atoms with Gasteiger partial charge < -0.3 is 15.5 Å². The van der Waals surface area contributed by atoms with Crippen LogP contribution in [0.3, 0.4) is 0 Å². The van der Waals surface area contributed by atoms with Gasteiger partial charge in [0.05, 0.1) is 5.69 Å². The van der Waals surface area contributed by atoms with Crippen LogP contribution in [0.1, 0.15) is 5.56 Å². The molecule has 1 aliphatic rings. The summed E-state index contributed by atoms with van der Waals surface area (Å²) in [7, 11) is 0. The third kappa shape index (κ3) is 3.81. The summed E-state index contributed by atoms with van der Waals surface area (Å²) in [6.45, 7) is 6.05. The highest BCUT2D eigenvalue weighted by Crippen LogP contribution is 2.21. The fourth-order valence-electron chi connectivity index (χ4n) is 3.05. The van der Waals surface area contributed by atoms with Gasteiger partial charge in [-0.25, -0.2) is 15.0 Å².